The summed E-state index contributed by atoms with van der Waals surface area (Å²) in [5.74, 6) is 0. The fourth-order valence-electron chi connectivity index (χ4n) is 0. The number of hydrogen-bond acceptors (Lipinski definition) is 1. The molecule has 0 N–H and O–H groups in total. The summed E-state index contributed by atoms with van der Waals surface area (Å²) in [6.07, 6.45) is 0. The van der Waals surface area contributed by atoms with Gasteiger partial charge in [-0.15, -0.1) is 0 Å². The van der Waals surface area contributed by atoms with Crippen LogP contribution in [0.4, 0.5) is 0 Å². The Kier molecular flexibility index (Phi) is 101. The first-order valence-corrected chi connectivity index (χ1v) is 0.866. The Morgan fingerprint density at radius 1 is 1.25 bits per heavy atom. The molecule has 0 aromatic carbocycles. The van der Waals surface area contributed by atoms with Gasteiger partial charge in [-0.3, -0.25) is 0 Å². The van der Waals surface area contributed by atoms with Crippen molar-refractivity contribution in [1.82, 2.24) is 0 Å². The second-order valence-corrected chi connectivity index (χ2v) is 0. The first-order valence-electron chi connectivity index (χ1n) is 0.289. The summed E-state index contributed by atoms with van der Waals surface area (Å²) in [7, 11) is 0. The summed E-state index contributed by atoms with van der Waals surface area (Å²) in [5.41, 5.74) is 0. The third-order valence-corrected chi connectivity index (χ3v) is 0. The van der Waals surface area contributed by atoms with Gasteiger partial charge in [-0.1, -0.05) is 0 Å². The zero-order valence-electron chi connectivity index (χ0n) is 2.49. The van der Waals surface area contributed by atoms with E-state index in [9.17, 15) is 0 Å². The van der Waals surface area contributed by atoms with Crippen molar-refractivity contribution in [3.05, 3.63) is 0 Å². The van der Waals surface area contributed by atoms with Crippen LogP contribution in [0.1, 0.15) is 0 Å². The Balaban J connectivity index is -0.00000000500. The minimum atomic E-state index is 0. The summed E-state index contributed by atoms with van der Waals surface area (Å²) in [6, 6.07) is 0. The van der Waals surface area contributed by atoms with E-state index in [1.807, 2.05) is 0 Å². The molecule has 0 aliphatic heterocycles. The van der Waals surface area contributed by atoms with E-state index in [1.54, 1.807) is 0 Å². The molecular weight excluding hydrogens is 101 g/mol. The van der Waals surface area contributed by atoms with Crippen LogP contribution in [-0.2, 0) is 3.80 Å². The molecule has 0 aromatic heterocycles. The van der Waals surface area contributed by atoms with Gasteiger partial charge in [-0.05, 0) is 0 Å². The number of hydrogen-bond donors (Lipinski definition) is 0. The van der Waals surface area contributed by atoms with E-state index in [-0.39, 0.29) is 42.0 Å². The summed E-state index contributed by atoms with van der Waals surface area (Å²) in [6.45, 7) is 0. The van der Waals surface area contributed by atoms with Gasteiger partial charge in [-0.25, -0.2) is 0 Å². The predicted octanol–water partition coefficient (Wildman–Crippen LogP) is -6.76. The molecule has 0 saturated heterocycles. The molecule has 0 atom stereocenters. The van der Waals surface area contributed by atoms with Crippen LogP contribution in [0.25, 0.3) is 0 Å². The maximum atomic E-state index is 8.28. The Bertz CT molecular complexity index is 8.00. The summed E-state index contributed by atoms with van der Waals surface area (Å²) in [5, 5.41) is 0. The predicted molar refractivity (Wildman–Crippen MR) is 7.84 cm³/mol. The molecule has 0 bridgehead atoms. The van der Waals surface area contributed by atoms with E-state index in [0.717, 1.165) is 0 Å². The summed E-state index contributed by atoms with van der Waals surface area (Å²) >= 11 is 0.611. The Labute approximate surface area is 61.5 Å². The molecule has 0 rings (SSSR count). The van der Waals surface area contributed by atoms with Gasteiger partial charge in [-0.2, -0.15) is 0 Å². The van der Waals surface area contributed by atoms with Gasteiger partial charge in [0.2, 0.25) is 0 Å². The molecule has 0 spiro atoms. The average molecular weight is 102 g/mol. The van der Waals surface area contributed by atoms with Crippen LogP contribution >= 0.6 is 0 Å². The molecule has 4 heteroatoms. The molecule has 1 nitrogen and oxygen atoms in total. The number of halogens is 1. The quantitative estimate of drug-likeness (QED) is 0.278. The fraction of sp³-hybridized carbons (Fsp3) is 0. The molecule has 0 amide bonds. The van der Waals surface area contributed by atoms with E-state index < -0.39 is 0 Å². The van der Waals surface area contributed by atoms with Crippen molar-refractivity contribution < 1.29 is 45.8 Å². The molecule has 0 radical (unpaired) electrons. The Morgan fingerprint density at radius 3 is 1.25 bits per heavy atom. The minimum absolute atomic E-state index is 0. The first kappa shape index (κ1) is 17.5. The normalized spacial score (nSPS) is 0.750. The summed E-state index contributed by atoms with van der Waals surface area (Å²) in [4.78, 5) is 0. The molecule has 0 unspecified atom stereocenters. The first-order chi connectivity index (χ1) is 1.00. The van der Waals surface area contributed by atoms with E-state index in [1.165, 1.54) is 0 Å². The van der Waals surface area contributed by atoms with Gasteiger partial charge in [0.15, 0.2) is 0 Å². The van der Waals surface area contributed by atoms with Gasteiger partial charge in [0.1, 0.15) is 0 Å². The van der Waals surface area contributed by atoms with Crippen LogP contribution in [0.5, 0.6) is 0 Å². The van der Waals surface area contributed by atoms with Gasteiger partial charge in [0, 0.05) is 0 Å². The van der Waals surface area contributed by atoms with Gasteiger partial charge < -0.3 is 12.4 Å². The molecule has 4 heavy (non-hydrogen) atoms. The SMILES string of the molecule is [Cl-].[Na+].[O]=[AlH]. The van der Waals surface area contributed by atoms with Crippen LogP contribution < -0.4 is 42.0 Å². The Morgan fingerprint density at radius 2 is 1.25 bits per heavy atom. The molecule has 0 aliphatic carbocycles. The summed E-state index contributed by atoms with van der Waals surface area (Å²) < 4.78 is 8.28. The van der Waals surface area contributed by atoms with Crippen LogP contribution in [-0.4, -0.2) is 16.2 Å². The number of rotatable bonds is 0. The monoisotopic (exact) mass is 102 g/mol. The van der Waals surface area contributed by atoms with Crippen molar-refractivity contribution in [2.24, 2.45) is 0 Å². The molecule has 0 aliphatic rings. The van der Waals surface area contributed by atoms with Gasteiger partial charge >= 0.3 is 49.6 Å². The van der Waals surface area contributed by atoms with Crippen molar-refractivity contribution in [2.75, 3.05) is 0 Å². The van der Waals surface area contributed by atoms with Crippen molar-refractivity contribution in [3.63, 3.8) is 0 Å². The van der Waals surface area contributed by atoms with Crippen molar-refractivity contribution in [1.29, 1.82) is 0 Å². The van der Waals surface area contributed by atoms with Crippen molar-refractivity contribution >= 4 is 16.2 Å². The maximum absolute atomic E-state index is 8.28. The van der Waals surface area contributed by atoms with Crippen molar-refractivity contribution in [2.45, 2.75) is 0 Å². The molecule has 0 heterocycles. The topological polar surface area (TPSA) is 17.1 Å². The standard InChI is InChI=1S/Al.ClH.Na.O.H/h;1H;;;/q;;+1;;/p-1. The van der Waals surface area contributed by atoms with E-state index >= 15 is 0 Å². The van der Waals surface area contributed by atoms with Crippen LogP contribution in [0.15, 0.2) is 0 Å². The zero-order chi connectivity index (χ0) is 2.00. The van der Waals surface area contributed by atoms with Crippen LogP contribution in [0, 0.1) is 0 Å². The molecule has 0 aromatic rings. The van der Waals surface area contributed by atoms with Gasteiger partial charge in [0.05, 0.1) is 0 Å². The molecule has 18 valence electrons. The van der Waals surface area contributed by atoms with E-state index in [2.05, 4.69) is 0 Å². The zero-order valence-corrected chi connectivity index (χ0v) is 6.66. The van der Waals surface area contributed by atoms with Crippen LogP contribution in [0.3, 0.4) is 0 Å². The molecule has 0 saturated carbocycles. The average Bonchev–Trinajstić information content (AvgIpc) is 1.00. The second kappa shape index (κ2) is 23.0. The Hall–Kier alpha value is 1.62. The fourth-order valence-corrected chi connectivity index (χ4v) is 0. The van der Waals surface area contributed by atoms with E-state index in [4.69, 9.17) is 3.80 Å². The van der Waals surface area contributed by atoms with E-state index in [0.29, 0.717) is 16.2 Å². The third kappa shape index (κ3) is 9.46. The van der Waals surface area contributed by atoms with Gasteiger partial charge in [0.25, 0.3) is 0 Å². The third-order valence-electron chi connectivity index (χ3n) is 0. The second-order valence-electron chi connectivity index (χ2n) is 0. The van der Waals surface area contributed by atoms with Crippen molar-refractivity contribution in [3.8, 4) is 0 Å². The molecular formula is HAlClNaO. The van der Waals surface area contributed by atoms with Crippen LogP contribution in [0.2, 0.25) is 0 Å². The molecule has 0 fully saturated rings.